The second-order valence-electron chi connectivity index (χ2n) is 7.52. The van der Waals surface area contributed by atoms with Gasteiger partial charge in [-0.05, 0) is 49.4 Å². The molecule has 0 saturated carbocycles. The van der Waals surface area contributed by atoms with Gasteiger partial charge in [0.1, 0.15) is 10.6 Å². The number of carbonyl (C=O) groups is 1. The highest BCUT2D eigenvalue weighted by atomic mass is 32.2. The van der Waals surface area contributed by atoms with E-state index in [0.29, 0.717) is 18.4 Å². The Morgan fingerprint density at radius 3 is 2.50 bits per heavy atom. The highest BCUT2D eigenvalue weighted by Gasteiger charge is 2.17. The second kappa shape index (κ2) is 13.4. The lowest BCUT2D eigenvalue weighted by Gasteiger charge is -2.16. The molecule has 32 heavy (non-hydrogen) atoms. The first-order valence-corrected chi connectivity index (χ1v) is 12.8. The van der Waals surface area contributed by atoms with Crippen molar-refractivity contribution >= 4 is 32.4 Å². The maximum absolute atomic E-state index is 11.8. The van der Waals surface area contributed by atoms with E-state index in [1.54, 1.807) is 18.3 Å². The van der Waals surface area contributed by atoms with E-state index in [9.17, 15) is 13.2 Å². The third kappa shape index (κ3) is 9.11. The lowest BCUT2D eigenvalue weighted by molar-refractivity contribution is -0.129. The van der Waals surface area contributed by atoms with Crippen LogP contribution >= 0.6 is 11.3 Å². The van der Waals surface area contributed by atoms with E-state index in [2.05, 4.69) is 31.1 Å². The number of amides is 1. The monoisotopic (exact) mass is 486 g/mol. The molecular formula is C21H34N4O5S2. The van der Waals surface area contributed by atoms with Gasteiger partial charge in [0.2, 0.25) is 15.9 Å². The molecule has 9 nitrogen and oxygen atoms in total. The first-order valence-electron chi connectivity index (χ1n) is 10.4. The number of nitrogens with two attached hydrogens (primary N) is 1. The summed E-state index contributed by atoms with van der Waals surface area (Å²) in [4.78, 5) is 15.3. The van der Waals surface area contributed by atoms with E-state index < -0.39 is 10.0 Å². The summed E-state index contributed by atoms with van der Waals surface area (Å²) in [6, 6.07) is 5.25. The van der Waals surface area contributed by atoms with E-state index >= 15 is 0 Å². The van der Waals surface area contributed by atoms with Gasteiger partial charge >= 0.3 is 0 Å². The first-order chi connectivity index (χ1) is 15.0. The number of nitrogens with zero attached hydrogens (tertiary/aromatic N) is 1. The minimum Gasteiger partial charge on any atom is -0.495 e. The van der Waals surface area contributed by atoms with Crippen LogP contribution in [0.5, 0.6) is 5.75 Å². The van der Waals surface area contributed by atoms with E-state index in [1.165, 1.54) is 30.0 Å². The molecule has 2 aromatic rings. The fourth-order valence-corrected chi connectivity index (χ4v) is 4.50. The number of sulfonamides is 1. The number of hydrogen-bond donors (Lipinski definition) is 4. The normalized spacial score (nSPS) is 12.8. The number of aromatic nitrogens is 1. The van der Waals surface area contributed by atoms with Crippen LogP contribution < -0.4 is 20.7 Å². The van der Waals surface area contributed by atoms with E-state index in [0.717, 1.165) is 34.8 Å². The molecule has 0 spiro atoms. The molecule has 0 bridgehead atoms. The average molecular weight is 487 g/mol. The summed E-state index contributed by atoms with van der Waals surface area (Å²) in [6.45, 7) is 8.43. The number of thiazole rings is 1. The SMILES string of the molecule is CCC(C)CC(C)Nc1ncc(-c2ccc(OC)c(S(N)(=O)=O)c2)s1.CCCC(=O)NO. The number of rotatable bonds is 10. The van der Waals surface area contributed by atoms with Crippen molar-refractivity contribution in [2.24, 2.45) is 11.1 Å². The Morgan fingerprint density at radius 1 is 1.31 bits per heavy atom. The molecule has 180 valence electrons. The maximum Gasteiger partial charge on any atom is 0.243 e. The molecule has 0 saturated heterocycles. The summed E-state index contributed by atoms with van der Waals surface area (Å²) in [5.74, 6) is 0.569. The lowest BCUT2D eigenvalue weighted by atomic mass is 10.0. The van der Waals surface area contributed by atoms with Crippen molar-refractivity contribution in [3.8, 4) is 16.2 Å². The summed E-state index contributed by atoms with van der Waals surface area (Å²) in [5, 5.41) is 17.4. The number of benzene rings is 1. The van der Waals surface area contributed by atoms with E-state index in [1.807, 2.05) is 6.92 Å². The van der Waals surface area contributed by atoms with Gasteiger partial charge in [-0.1, -0.05) is 38.5 Å². The molecule has 2 atom stereocenters. The fourth-order valence-electron chi connectivity index (χ4n) is 2.85. The third-order valence-electron chi connectivity index (χ3n) is 4.68. The molecule has 1 amide bonds. The Kier molecular flexibility index (Phi) is 11.6. The van der Waals surface area contributed by atoms with Gasteiger partial charge in [-0.2, -0.15) is 0 Å². The minimum atomic E-state index is -3.86. The standard InChI is InChI=1S/C17H25N3O3S2.C4H9NO2/c1-5-11(2)8-12(3)20-17-19-10-15(24-17)13-6-7-14(23-4)16(9-13)25(18,21)22;1-2-3-4(6)5-7/h6-7,9-12H,5,8H2,1-4H3,(H,19,20)(H2,18,21,22);7H,2-3H2,1H3,(H,5,6). The molecule has 0 fully saturated rings. The zero-order valence-electron chi connectivity index (χ0n) is 19.2. The molecule has 1 aromatic carbocycles. The largest absolute Gasteiger partial charge is 0.495 e. The Balaban J connectivity index is 0.000000633. The van der Waals surface area contributed by atoms with Crippen LogP contribution in [0.25, 0.3) is 10.4 Å². The Labute approximate surface area is 194 Å². The molecule has 5 N–H and O–H groups in total. The van der Waals surface area contributed by atoms with Crippen LogP contribution in [0.1, 0.15) is 53.4 Å². The van der Waals surface area contributed by atoms with Crippen LogP contribution in [0.3, 0.4) is 0 Å². The number of ether oxygens (including phenoxy) is 1. The van der Waals surface area contributed by atoms with Crippen molar-refractivity contribution in [3.63, 3.8) is 0 Å². The van der Waals surface area contributed by atoms with Crippen LogP contribution in [-0.4, -0.2) is 37.7 Å². The predicted molar refractivity (Wildman–Crippen MR) is 127 cm³/mol. The van der Waals surface area contributed by atoms with Crippen molar-refractivity contribution in [2.45, 2.75) is 64.3 Å². The Bertz CT molecular complexity index is 963. The number of anilines is 1. The van der Waals surface area contributed by atoms with Crippen LogP contribution in [0.15, 0.2) is 29.3 Å². The van der Waals surface area contributed by atoms with Crippen molar-refractivity contribution in [2.75, 3.05) is 12.4 Å². The van der Waals surface area contributed by atoms with Crippen molar-refractivity contribution < 1.29 is 23.2 Å². The summed E-state index contributed by atoms with van der Waals surface area (Å²) in [6.07, 6.45) is 5.13. The van der Waals surface area contributed by atoms with Gasteiger partial charge in [0.05, 0.1) is 12.0 Å². The molecule has 1 aromatic heterocycles. The summed E-state index contributed by atoms with van der Waals surface area (Å²) in [7, 11) is -2.45. The topological polar surface area (TPSA) is 144 Å². The van der Waals surface area contributed by atoms with Gasteiger partial charge in [0.15, 0.2) is 5.13 Å². The number of hydroxylamine groups is 1. The van der Waals surface area contributed by atoms with Gasteiger partial charge in [0.25, 0.3) is 0 Å². The molecular weight excluding hydrogens is 452 g/mol. The van der Waals surface area contributed by atoms with Crippen LogP contribution in [0.4, 0.5) is 5.13 Å². The third-order valence-corrected chi connectivity index (χ3v) is 6.59. The number of hydrogen-bond acceptors (Lipinski definition) is 8. The van der Waals surface area contributed by atoms with Crippen LogP contribution in [0.2, 0.25) is 0 Å². The van der Waals surface area contributed by atoms with Gasteiger partial charge in [-0.15, -0.1) is 0 Å². The molecule has 2 rings (SSSR count). The predicted octanol–water partition coefficient (Wildman–Crippen LogP) is 3.99. The molecule has 11 heteroatoms. The van der Waals surface area contributed by atoms with Gasteiger partial charge < -0.3 is 10.1 Å². The fraction of sp³-hybridized carbons (Fsp3) is 0.524. The lowest BCUT2D eigenvalue weighted by Crippen LogP contribution is -2.17. The van der Waals surface area contributed by atoms with E-state index in [-0.39, 0.29) is 16.6 Å². The molecule has 1 heterocycles. The smallest absolute Gasteiger partial charge is 0.243 e. The van der Waals surface area contributed by atoms with E-state index in [4.69, 9.17) is 15.1 Å². The van der Waals surface area contributed by atoms with Gasteiger partial charge in [-0.3, -0.25) is 10.0 Å². The quantitative estimate of drug-likeness (QED) is 0.293. The molecule has 0 aliphatic carbocycles. The van der Waals surface area contributed by atoms with Crippen molar-refractivity contribution in [1.29, 1.82) is 0 Å². The van der Waals surface area contributed by atoms with Crippen LogP contribution in [0, 0.1) is 5.92 Å². The highest BCUT2D eigenvalue weighted by Crippen LogP contribution is 2.34. The first kappa shape index (κ1) is 27.8. The van der Waals surface area contributed by atoms with Gasteiger partial charge in [-0.25, -0.2) is 24.0 Å². The zero-order valence-corrected chi connectivity index (χ0v) is 20.8. The summed E-state index contributed by atoms with van der Waals surface area (Å²) in [5.41, 5.74) is 2.27. The number of nitrogens with one attached hydrogen (secondary N) is 2. The molecule has 0 aliphatic rings. The second-order valence-corrected chi connectivity index (χ2v) is 10.1. The van der Waals surface area contributed by atoms with Gasteiger partial charge in [0, 0.05) is 18.7 Å². The highest BCUT2D eigenvalue weighted by molar-refractivity contribution is 7.89. The average Bonchev–Trinajstić information content (AvgIpc) is 3.21. The van der Waals surface area contributed by atoms with Crippen molar-refractivity contribution in [3.05, 3.63) is 24.4 Å². The number of primary sulfonamides is 1. The number of methoxy groups -OCH3 is 1. The zero-order chi connectivity index (χ0) is 24.3. The van der Waals surface area contributed by atoms with Crippen molar-refractivity contribution in [1.82, 2.24) is 10.5 Å². The summed E-state index contributed by atoms with van der Waals surface area (Å²) >= 11 is 1.48. The molecule has 0 aliphatic heterocycles. The molecule has 2 unspecified atom stereocenters. The summed E-state index contributed by atoms with van der Waals surface area (Å²) < 4.78 is 28.6. The Morgan fingerprint density at radius 2 is 2.00 bits per heavy atom. The molecule has 0 radical (unpaired) electrons. The Hall–Kier alpha value is -2.21. The maximum atomic E-state index is 11.8. The van der Waals surface area contributed by atoms with Crippen LogP contribution in [-0.2, 0) is 14.8 Å². The number of carbonyl (C=O) groups excluding carboxylic acids is 1. The minimum absolute atomic E-state index is 0.0273.